The summed E-state index contributed by atoms with van der Waals surface area (Å²) >= 11 is 9.62. The van der Waals surface area contributed by atoms with Crippen LogP contribution in [0.5, 0.6) is 0 Å². The first kappa shape index (κ1) is 16.0. The van der Waals surface area contributed by atoms with E-state index in [4.69, 9.17) is 16.3 Å². The van der Waals surface area contributed by atoms with Crippen molar-refractivity contribution in [3.8, 4) is 0 Å². The summed E-state index contributed by atoms with van der Waals surface area (Å²) in [7, 11) is 0. The minimum atomic E-state index is -0.366. The number of carbonyl (C=O) groups is 1. The summed E-state index contributed by atoms with van der Waals surface area (Å²) in [6, 6.07) is 10.5. The van der Waals surface area contributed by atoms with Gasteiger partial charge >= 0.3 is 5.97 Å². The number of benzene rings is 2. The molecular formula is C17H13BrClNO3. The number of ether oxygens (including phenoxy) is 1. The number of para-hydroxylation sites is 1. The highest BCUT2D eigenvalue weighted by Gasteiger charge is 2.17. The summed E-state index contributed by atoms with van der Waals surface area (Å²) in [5, 5.41) is 1.53. The summed E-state index contributed by atoms with van der Waals surface area (Å²) in [6.07, 6.45) is 0. The van der Waals surface area contributed by atoms with Crippen molar-refractivity contribution in [1.29, 1.82) is 0 Å². The van der Waals surface area contributed by atoms with Crippen LogP contribution in [0.2, 0.25) is 5.02 Å². The Morgan fingerprint density at radius 1 is 1.22 bits per heavy atom. The lowest BCUT2D eigenvalue weighted by Gasteiger charge is -2.16. The number of hydrogen-bond acceptors (Lipinski definition) is 3. The van der Waals surface area contributed by atoms with Crippen molar-refractivity contribution in [1.82, 2.24) is 4.57 Å². The van der Waals surface area contributed by atoms with Crippen LogP contribution in [-0.2, 0) is 16.1 Å². The summed E-state index contributed by atoms with van der Waals surface area (Å²) in [5.74, 6) is -0.366. The molecule has 0 aliphatic carbocycles. The molecule has 3 rings (SSSR count). The van der Waals surface area contributed by atoms with Crippen molar-refractivity contribution < 1.29 is 9.53 Å². The van der Waals surface area contributed by atoms with Crippen molar-refractivity contribution in [2.75, 3.05) is 6.61 Å². The van der Waals surface area contributed by atoms with Gasteiger partial charge in [0.25, 0.3) is 0 Å². The predicted molar refractivity (Wildman–Crippen MR) is 95.1 cm³/mol. The minimum Gasteiger partial charge on any atom is -0.465 e. The van der Waals surface area contributed by atoms with Crippen LogP contribution in [0, 0.1) is 0 Å². The second-order valence-corrected chi connectivity index (χ2v) is 6.20. The van der Waals surface area contributed by atoms with E-state index in [9.17, 15) is 9.59 Å². The molecule has 118 valence electrons. The van der Waals surface area contributed by atoms with Gasteiger partial charge in [0.1, 0.15) is 6.54 Å². The normalized spacial score (nSPS) is 11.1. The molecule has 6 heteroatoms. The highest BCUT2D eigenvalue weighted by atomic mass is 79.9. The molecule has 0 amide bonds. The van der Waals surface area contributed by atoms with Crippen molar-refractivity contribution >= 4 is 55.3 Å². The number of aromatic nitrogens is 1. The molecule has 1 heterocycles. The Balaban J connectivity index is 2.45. The molecule has 0 bridgehead atoms. The van der Waals surface area contributed by atoms with Crippen molar-refractivity contribution in [2.24, 2.45) is 0 Å². The molecule has 0 spiro atoms. The molecular weight excluding hydrogens is 382 g/mol. The Kier molecular flexibility index (Phi) is 4.41. The fourth-order valence-corrected chi connectivity index (χ4v) is 3.37. The molecule has 0 aliphatic rings. The smallest absolute Gasteiger partial charge is 0.325 e. The fraction of sp³-hybridized carbons (Fsp3) is 0.176. The molecule has 3 aromatic rings. The standard InChI is InChI=1S/C17H13BrClNO3/c1-2-23-14(21)9-20-13-6-4-3-5-10(13)17(22)11-7-8-12(19)15(18)16(11)20/h3-8H,2,9H2,1H3. The van der Waals surface area contributed by atoms with Crippen LogP contribution >= 0.6 is 27.5 Å². The number of halogens is 2. The second kappa shape index (κ2) is 6.34. The number of rotatable bonds is 3. The van der Waals surface area contributed by atoms with Crippen LogP contribution in [0.15, 0.2) is 45.7 Å². The summed E-state index contributed by atoms with van der Waals surface area (Å²) in [6.45, 7) is 2.06. The molecule has 1 aromatic heterocycles. The second-order valence-electron chi connectivity index (χ2n) is 4.99. The molecule has 0 unspecified atom stereocenters. The van der Waals surface area contributed by atoms with Gasteiger partial charge in [-0.05, 0) is 47.1 Å². The van der Waals surface area contributed by atoms with Crippen LogP contribution in [0.1, 0.15) is 6.92 Å². The molecule has 4 nitrogen and oxygen atoms in total. The lowest BCUT2D eigenvalue weighted by molar-refractivity contribution is -0.143. The van der Waals surface area contributed by atoms with Crippen LogP contribution in [0.25, 0.3) is 21.8 Å². The van der Waals surface area contributed by atoms with E-state index in [1.165, 1.54) is 0 Å². The van der Waals surface area contributed by atoms with Gasteiger partial charge < -0.3 is 9.30 Å². The fourth-order valence-electron chi connectivity index (χ4n) is 2.65. The van der Waals surface area contributed by atoms with Gasteiger partial charge in [0.05, 0.1) is 27.1 Å². The van der Waals surface area contributed by atoms with E-state index in [1.807, 2.05) is 12.1 Å². The van der Waals surface area contributed by atoms with Crippen LogP contribution in [0.4, 0.5) is 0 Å². The van der Waals surface area contributed by atoms with Gasteiger partial charge in [0.15, 0.2) is 5.43 Å². The van der Waals surface area contributed by atoms with E-state index in [-0.39, 0.29) is 17.9 Å². The zero-order valence-electron chi connectivity index (χ0n) is 12.3. The number of fused-ring (bicyclic) bond motifs is 2. The topological polar surface area (TPSA) is 48.3 Å². The Labute approximate surface area is 145 Å². The van der Waals surface area contributed by atoms with Gasteiger partial charge in [-0.25, -0.2) is 0 Å². The average molecular weight is 395 g/mol. The molecule has 0 N–H and O–H groups in total. The molecule has 0 aliphatic heterocycles. The molecule has 0 saturated heterocycles. The van der Waals surface area contributed by atoms with Gasteiger partial charge in [0, 0.05) is 10.8 Å². The van der Waals surface area contributed by atoms with Gasteiger partial charge in [-0.1, -0.05) is 23.7 Å². The largest absolute Gasteiger partial charge is 0.465 e. The Morgan fingerprint density at radius 2 is 1.96 bits per heavy atom. The van der Waals surface area contributed by atoms with Crippen LogP contribution < -0.4 is 5.43 Å². The minimum absolute atomic E-state index is 0.00404. The first-order valence-electron chi connectivity index (χ1n) is 7.09. The number of carbonyl (C=O) groups excluding carboxylic acids is 1. The summed E-state index contributed by atoms with van der Waals surface area (Å²) in [4.78, 5) is 24.7. The number of esters is 1. The first-order valence-corrected chi connectivity index (χ1v) is 8.26. The lowest BCUT2D eigenvalue weighted by Crippen LogP contribution is -2.18. The third kappa shape index (κ3) is 2.75. The van der Waals surface area contributed by atoms with Crippen LogP contribution in [0.3, 0.4) is 0 Å². The van der Waals surface area contributed by atoms with E-state index in [1.54, 1.807) is 35.8 Å². The quantitative estimate of drug-likeness (QED) is 0.496. The molecule has 0 radical (unpaired) electrons. The Bertz CT molecular complexity index is 981. The number of nitrogens with zero attached hydrogens (tertiary/aromatic N) is 1. The third-order valence-electron chi connectivity index (χ3n) is 3.62. The van der Waals surface area contributed by atoms with E-state index >= 15 is 0 Å². The van der Waals surface area contributed by atoms with Crippen molar-refractivity contribution in [3.05, 3.63) is 56.1 Å². The van der Waals surface area contributed by atoms with E-state index in [0.29, 0.717) is 37.9 Å². The van der Waals surface area contributed by atoms with Crippen molar-refractivity contribution in [3.63, 3.8) is 0 Å². The maximum Gasteiger partial charge on any atom is 0.325 e. The maximum absolute atomic E-state index is 12.7. The number of pyridine rings is 1. The molecule has 0 atom stereocenters. The third-order valence-corrected chi connectivity index (χ3v) is 4.96. The van der Waals surface area contributed by atoms with Crippen LogP contribution in [-0.4, -0.2) is 17.1 Å². The van der Waals surface area contributed by atoms with Gasteiger partial charge in [-0.15, -0.1) is 0 Å². The first-order chi connectivity index (χ1) is 11.0. The zero-order chi connectivity index (χ0) is 16.6. The van der Waals surface area contributed by atoms with E-state index in [2.05, 4.69) is 15.9 Å². The monoisotopic (exact) mass is 393 g/mol. The highest BCUT2D eigenvalue weighted by molar-refractivity contribution is 9.10. The summed E-state index contributed by atoms with van der Waals surface area (Å²) in [5.41, 5.74) is 1.17. The Hall–Kier alpha value is -1.85. The number of hydrogen-bond donors (Lipinski definition) is 0. The van der Waals surface area contributed by atoms with Gasteiger partial charge in [-0.3, -0.25) is 9.59 Å². The SMILES string of the molecule is CCOC(=O)Cn1c2ccccc2c(=O)c2ccc(Cl)c(Br)c21. The average Bonchev–Trinajstić information content (AvgIpc) is 2.54. The molecule has 23 heavy (non-hydrogen) atoms. The van der Waals surface area contributed by atoms with Gasteiger partial charge in [-0.2, -0.15) is 0 Å². The van der Waals surface area contributed by atoms with E-state index in [0.717, 1.165) is 0 Å². The summed E-state index contributed by atoms with van der Waals surface area (Å²) < 4.78 is 7.41. The maximum atomic E-state index is 12.7. The molecule has 0 fully saturated rings. The Morgan fingerprint density at radius 3 is 2.70 bits per heavy atom. The lowest BCUT2D eigenvalue weighted by atomic mass is 10.1. The van der Waals surface area contributed by atoms with E-state index < -0.39 is 0 Å². The zero-order valence-corrected chi connectivity index (χ0v) is 14.6. The highest BCUT2D eigenvalue weighted by Crippen LogP contribution is 2.32. The molecule has 2 aromatic carbocycles. The van der Waals surface area contributed by atoms with Crippen molar-refractivity contribution in [2.45, 2.75) is 13.5 Å². The molecule has 0 saturated carbocycles. The van der Waals surface area contributed by atoms with Gasteiger partial charge in [0.2, 0.25) is 0 Å². The predicted octanol–water partition coefficient (Wildman–Crippen LogP) is 4.13.